The average Bonchev–Trinajstić information content (AvgIpc) is 3.78. The molecule has 0 amide bonds. The molecule has 0 N–H and O–H groups in total. The lowest BCUT2D eigenvalue weighted by atomic mass is 9.89. The van der Waals surface area contributed by atoms with Crippen LogP contribution in [-0.4, -0.2) is 9.97 Å². The number of oxazole rings is 1. The first-order chi connectivity index (χ1) is 28.2. The van der Waals surface area contributed by atoms with Gasteiger partial charge in [-0.25, -0.2) is 4.98 Å². The fourth-order valence-electron chi connectivity index (χ4n) is 8.43. The highest BCUT2D eigenvalue weighted by molar-refractivity contribution is 6.25. The summed E-state index contributed by atoms with van der Waals surface area (Å²) in [5, 5.41) is 7.68. The summed E-state index contributed by atoms with van der Waals surface area (Å²) in [5.74, 6) is 0. The van der Waals surface area contributed by atoms with Gasteiger partial charge in [0.1, 0.15) is 5.52 Å². The molecule has 0 aliphatic heterocycles. The maximum atomic E-state index is 5.65. The molecular formula is C54H34N2O. The Labute approximate surface area is 330 Å². The summed E-state index contributed by atoms with van der Waals surface area (Å²) in [6.45, 7) is 0. The number of aromatic nitrogens is 2. The number of pyridine rings is 1. The number of nitrogens with zero attached hydrogens (tertiary/aromatic N) is 2. The standard InChI is InChI=1S/C54H34N2O/c1-2-16-49-47(14-1)48-15-3-4-17-50(48)52-32-42(18-20-51(49)52)37-9-6-12-40(27-37)45-29-44(39-11-5-8-36(26-39)35-22-24-55-25-23-35)30-46(31-45)41-13-7-10-38(28-41)43-19-21-53-54(33-43)57-34-56-53/h1-34H. The van der Waals surface area contributed by atoms with Crippen LogP contribution in [0, 0.1) is 0 Å². The summed E-state index contributed by atoms with van der Waals surface area (Å²) in [6.07, 6.45) is 5.20. The Bertz CT molecular complexity index is 3270. The van der Waals surface area contributed by atoms with E-state index in [9.17, 15) is 0 Å². The molecule has 0 fully saturated rings. The van der Waals surface area contributed by atoms with E-state index in [0.717, 1.165) is 66.7 Å². The number of benzene rings is 9. The zero-order chi connectivity index (χ0) is 37.7. The zero-order valence-corrected chi connectivity index (χ0v) is 30.9. The number of rotatable bonds is 6. The molecule has 0 unspecified atom stereocenters. The third kappa shape index (κ3) is 5.94. The molecule has 0 aliphatic carbocycles. The summed E-state index contributed by atoms with van der Waals surface area (Å²) in [4.78, 5) is 8.56. The molecule has 0 spiro atoms. The van der Waals surface area contributed by atoms with E-state index >= 15 is 0 Å². The Hall–Kier alpha value is -7.62. The highest BCUT2D eigenvalue weighted by atomic mass is 16.3. The summed E-state index contributed by atoms with van der Waals surface area (Å²) in [6, 6.07) is 68.3. The van der Waals surface area contributed by atoms with Gasteiger partial charge in [-0.1, -0.05) is 121 Å². The number of hydrogen-bond acceptors (Lipinski definition) is 3. The molecule has 0 aliphatic rings. The molecule has 57 heavy (non-hydrogen) atoms. The van der Waals surface area contributed by atoms with Gasteiger partial charge in [0, 0.05) is 12.4 Å². The lowest BCUT2D eigenvalue weighted by Gasteiger charge is -2.15. The van der Waals surface area contributed by atoms with Crippen molar-refractivity contribution in [3.63, 3.8) is 0 Å². The van der Waals surface area contributed by atoms with Gasteiger partial charge >= 0.3 is 0 Å². The fraction of sp³-hybridized carbons (Fsp3) is 0. The topological polar surface area (TPSA) is 38.9 Å². The summed E-state index contributed by atoms with van der Waals surface area (Å²) in [7, 11) is 0. The van der Waals surface area contributed by atoms with Gasteiger partial charge in [0.2, 0.25) is 0 Å². The van der Waals surface area contributed by atoms with Crippen molar-refractivity contribution in [3.05, 3.63) is 207 Å². The maximum Gasteiger partial charge on any atom is 0.181 e. The van der Waals surface area contributed by atoms with E-state index in [2.05, 4.69) is 192 Å². The normalized spacial score (nSPS) is 11.5. The van der Waals surface area contributed by atoms with Gasteiger partial charge in [-0.3, -0.25) is 4.98 Å². The second-order valence-electron chi connectivity index (χ2n) is 14.7. The average molecular weight is 727 g/mol. The first-order valence-electron chi connectivity index (χ1n) is 19.3. The largest absolute Gasteiger partial charge is 0.443 e. The maximum absolute atomic E-state index is 5.65. The van der Waals surface area contributed by atoms with Crippen LogP contribution in [0.3, 0.4) is 0 Å². The van der Waals surface area contributed by atoms with Crippen molar-refractivity contribution in [3.8, 4) is 66.8 Å². The van der Waals surface area contributed by atoms with Crippen LogP contribution in [-0.2, 0) is 0 Å². The van der Waals surface area contributed by atoms with Crippen LogP contribution < -0.4 is 0 Å². The van der Waals surface area contributed by atoms with Gasteiger partial charge in [-0.2, -0.15) is 0 Å². The van der Waals surface area contributed by atoms with Crippen molar-refractivity contribution >= 4 is 43.4 Å². The van der Waals surface area contributed by atoms with E-state index in [4.69, 9.17) is 4.42 Å². The van der Waals surface area contributed by atoms with Crippen molar-refractivity contribution < 1.29 is 4.42 Å². The lowest BCUT2D eigenvalue weighted by molar-refractivity contribution is 0.602. The van der Waals surface area contributed by atoms with Crippen LogP contribution in [0.15, 0.2) is 211 Å². The molecule has 3 nitrogen and oxygen atoms in total. The minimum atomic E-state index is 0.782. The number of hydrogen-bond donors (Lipinski definition) is 0. The van der Waals surface area contributed by atoms with Crippen molar-refractivity contribution in [2.24, 2.45) is 0 Å². The Morgan fingerprint density at radius 1 is 0.281 bits per heavy atom. The molecule has 0 bridgehead atoms. The smallest absolute Gasteiger partial charge is 0.181 e. The minimum absolute atomic E-state index is 0.782. The Morgan fingerprint density at radius 3 is 1.23 bits per heavy atom. The third-order valence-electron chi connectivity index (χ3n) is 11.3. The quantitative estimate of drug-likeness (QED) is 0.160. The van der Waals surface area contributed by atoms with E-state index in [1.165, 1.54) is 49.8 Å². The highest BCUT2D eigenvalue weighted by Crippen LogP contribution is 2.40. The van der Waals surface area contributed by atoms with E-state index < -0.39 is 0 Å². The van der Waals surface area contributed by atoms with Gasteiger partial charge in [-0.15, -0.1) is 0 Å². The first-order valence-corrected chi connectivity index (χ1v) is 19.3. The molecule has 0 radical (unpaired) electrons. The third-order valence-corrected chi connectivity index (χ3v) is 11.3. The van der Waals surface area contributed by atoms with E-state index in [1.807, 2.05) is 18.5 Å². The molecule has 2 heterocycles. The molecule has 2 aromatic heterocycles. The van der Waals surface area contributed by atoms with E-state index in [1.54, 1.807) is 0 Å². The van der Waals surface area contributed by atoms with Crippen molar-refractivity contribution in [2.45, 2.75) is 0 Å². The molecule has 266 valence electrons. The van der Waals surface area contributed by atoms with Gasteiger partial charge in [0.15, 0.2) is 12.0 Å². The van der Waals surface area contributed by atoms with E-state index in [-0.39, 0.29) is 0 Å². The van der Waals surface area contributed by atoms with Crippen LogP contribution in [0.2, 0.25) is 0 Å². The molecule has 11 aromatic rings. The first kappa shape index (κ1) is 32.8. The SMILES string of the molecule is c1cc(-c2ccncc2)cc(-c2cc(-c3cccc(-c4ccc5ncoc5c4)c3)cc(-c3cccc(-c4ccc5c6ccccc6c6ccccc6c5c4)c3)c2)c1. The zero-order valence-electron chi connectivity index (χ0n) is 30.9. The Balaban J connectivity index is 1.06. The molecule has 9 aromatic carbocycles. The van der Waals surface area contributed by atoms with Crippen LogP contribution >= 0.6 is 0 Å². The predicted octanol–water partition coefficient (Wildman–Crippen LogP) is 14.7. The van der Waals surface area contributed by atoms with Gasteiger partial charge < -0.3 is 4.42 Å². The highest BCUT2D eigenvalue weighted by Gasteiger charge is 2.13. The van der Waals surface area contributed by atoms with Crippen molar-refractivity contribution in [1.29, 1.82) is 0 Å². The van der Waals surface area contributed by atoms with E-state index in [0.29, 0.717) is 0 Å². The monoisotopic (exact) mass is 726 g/mol. The van der Waals surface area contributed by atoms with Gasteiger partial charge in [0.05, 0.1) is 0 Å². The van der Waals surface area contributed by atoms with Crippen LogP contribution in [0.5, 0.6) is 0 Å². The molecular weight excluding hydrogens is 693 g/mol. The van der Waals surface area contributed by atoms with Crippen molar-refractivity contribution in [1.82, 2.24) is 9.97 Å². The number of fused-ring (bicyclic) bond motifs is 7. The fourth-order valence-corrected chi connectivity index (χ4v) is 8.43. The summed E-state index contributed by atoms with van der Waals surface area (Å²) < 4.78 is 5.65. The Morgan fingerprint density at radius 2 is 0.684 bits per heavy atom. The predicted molar refractivity (Wildman–Crippen MR) is 237 cm³/mol. The summed E-state index contributed by atoms with van der Waals surface area (Å²) >= 11 is 0. The second-order valence-corrected chi connectivity index (χ2v) is 14.7. The Kier molecular flexibility index (Phi) is 7.82. The van der Waals surface area contributed by atoms with Crippen LogP contribution in [0.1, 0.15) is 0 Å². The molecule has 11 rings (SSSR count). The van der Waals surface area contributed by atoms with Gasteiger partial charge in [0.25, 0.3) is 0 Å². The van der Waals surface area contributed by atoms with Crippen molar-refractivity contribution in [2.75, 3.05) is 0 Å². The molecule has 0 saturated heterocycles. The van der Waals surface area contributed by atoms with Crippen LogP contribution in [0.4, 0.5) is 0 Å². The van der Waals surface area contributed by atoms with Crippen LogP contribution in [0.25, 0.3) is 110 Å². The van der Waals surface area contributed by atoms with Gasteiger partial charge in [-0.05, 0) is 166 Å². The summed E-state index contributed by atoms with van der Waals surface area (Å²) in [5.41, 5.74) is 15.4. The lowest BCUT2D eigenvalue weighted by Crippen LogP contribution is -1.89. The molecule has 3 heteroatoms. The molecule has 0 atom stereocenters. The molecule has 0 saturated carbocycles. The second kappa shape index (κ2) is 13.6. The minimum Gasteiger partial charge on any atom is -0.443 e.